The van der Waals surface area contributed by atoms with Crippen LogP contribution in [0.1, 0.15) is 12.6 Å². The fourth-order valence-electron chi connectivity index (χ4n) is 0.868. The lowest BCUT2D eigenvalue weighted by atomic mass is 10.3. The van der Waals surface area contributed by atoms with Crippen molar-refractivity contribution < 1.29 is 4.79 Å². The van der Waals surface area contributed by atoms with Crippen molar-refractivity contribution in [2.75, 3.05) is 6.54 Å². The van der Waals surface area contributed by atoms with E-state index in [2.05, 4.69) is 26.2 Å². The number of halogens is 1. The smallest absolute Gasteiger partial charge is 0.217 e. The fraction of sp³-hybridized carbons (Fsp3) is 0.200. The third kappa shape index (κ3) is 4.18. The van der Waals surface area contributed by atoms with Crippen LogP contribution in [0.4, 0.5) is 0 Å². The van der Waals surface area contributed by atoms with Crippen LogP contribution in [0.3, 0.4) is 0 Å². The number of rotatable bonds is 3. The van der Waals surface area contributed by atoms with Gasteiger partial charge in [-0.1, -0.05) is 6.08 Å². The SMILES string of the molecule is CC(=O)NCC=Cc1ccc(Br)cn1. The highest BCUT2D eigenvalue weighted by molar-refractivity contribution is 9.10. The van der Waals surface area contributed by atoms with Crippen LogP contribution in [0.25, 0.3) is 6.08 Å². The minimum absolute atomic E-state index is 0.0292. The van der Waals surface area contributed by atoms with E-state index < -0.39 is 0 Å². The summed E-state index contributed by atoms with van der Waals surface area (Å²) in [7, 11) is 0. The molecular formula is C10H11BrN2O. The summed E-state index contributed by atoms with van der Waals surface area (Å²) in [6.07, 6.45) is 5.46. The third-order valence-corrected chi connectivity index (χ3v) is 1.98. The molecule has 0 radical (unpaired) electrons. The number of nitrogens with zero attached hydrogens (tertiary/aromatic N) is 1. The van der Waals surface area contributed by atoms with Crippen molar-refractivity contribution in [2.45, 2.75) is 6.92 Å². The summed E-state index contributed by atoms with van der Waals surface area (Å²) in [5, 5.41) is 2.66. The van der Waals surface area contributed by atoms with Crippen molar-refractivity contribution in [3.05, 3.63) is 34.6 Å². The Morgan fingerprint density at radius 1 is 1.64 bits per heavy atom. The van der Waals surface area contributed by atoms with Crippen LogP contribution < -0.4 is 5.32 Å². The van der Waals surface area contributed by atoms with Gasteiger partial charge in [0.15, 0.2) is 0 Å². The van der Waals surface area contributed by atoms with Gasteiger partial charge in [-0.2, -0.15) is 0 Å². The van der Waals surface area contributed by atoms with E-state index in [1.165, 1.54) is 6.92 Å². The van der Waals surface area contributed by atoms with Gasteiger partial charge in [0.1, 0.15) is 0 Å². The standard InChI is InChI=1S/C10H11BrN2O/c1-8(14)12-6-2-3-10-5-4-9(11)7-13-10/h2-5,7H,6H2,1H3,(H,12,14). The molecule has 4 heteroatoms. The molecule has 0 fully saturated rings. The monoisotopic (exact) mass is 254 g/mol. The number of hydrogen-bond acceptors (Lipinski definition) is 2. The Morgan fingerprint density at radius 2 is 2.43 bits per heavy atom. The van der Waals surface area contributed by atoms with E-state index >= 15 is 0 Å². The molecule has 0 aliphatic heterocycles. The lowest BCUT2D eigenvalue weighted by Gasteiger charge is -1.95. The van der Waals surface area contributed by atoms with Crippen LogP contribution >= 0.6 is 15.9 Å². The molecular weight excluding hydrogens is 244 g/mol. The average molecular weight is 255 g/mol. The highest BCUT2D eigenvalue weighted by atomic mass is 79.9. The molecule has 0 aromatic carbocycles. The molecule has 0 aliphatic carbocycles. The number of hydrogen-bond donors (Lipinski definition) is 1. The molecule has 0 saturated carbocycles. The Kier molecular flexibility index (Phi) is 4.32. The molecule has 1 aromatic heterocycles. The van der Waals surface area contributed by atoms with Gasteiger partial charge in [0.25, 0.3) is 0 Å². The van der Waals surface area contributed by atoms with Crippen molar-refractivity contribution in [2.24, 2.45) is 0 Å². The zero-order valence-electron chi connectivity index (χ0n) is 7.83. The van der Waals surface area contributed by atoms with Gasteiger partial charge in [-0.3, -0.25) is 9.78 Å². The quantitative estimate of drug-likeness (QED) is 0.897. The van der Waals surface area contributed by atoms with Gasteiger partial charge in [-0.05, 0) is 34.1 Å². The van der Waals surface area contributed by atoms with Gasteiger partial charge >= 0.3 is 0 Å². The van der Waals surface area contributed by atoms with Crippen LogP contribution in [0.2, 0.25) is 0 Å². The summed E-state index contributed by atoms with van der Waals surface area (Å²) in [5.41, 5.74) is 0.874. The Labute approximate surface area is 91.4 Å². The molecule has 1 N–H and O–H groups in total. The highest BCUT2D eigenvalue weighted by Crippen LogP contribution is 2.07. The van der Waals surface area contributed by atoms with Crippen LogP contribution in [-0.4, -0.2) is 17.4 Å². The van der Waals surface area contributed by atoms with Gasteiger partial charge < -0.3 is 5.32 Å². The van der Waals surface area contributed by atoms with Crippen molar-refractivity contribution in [1.82, 2.24) is 10.3 Å². The van der Waals surface area contributed by atoms with Gasteiger partial charge in [-0.25, -0.2) is 0 Å². The molecule has 1 rings (SSSR count). The molecule has 0 atom stereocenters. The van der Waals surface area contributed by atoms with Gasteiger partial charge in [0, 0.05) is 24.1 Å². The minimum atomic E-state index is -0.0292. The molecule has 0 unspecified atom stereocenters. The predicted octanol–water partition coefficient (Wildman–Crippen LogP) is 1.99. The average Bonchev–Trinajstić information content (AvgIpc) is 2.15. The number of carbonyl (C=O) groups excluding carboxylic acids is 1. The van der Waals surface area contributed by atoms with Crippen molar-refractivity contribution in [1.29, 1.82) is 0 Å². The summed E-state index contributed by atoms with van der Waals surface area (Å²) in [4.78, 5) is 14.7. The summed E-state index contributed by atoms with van der Waals surface area (Å²) in [6.45, 7) is 2.03. The number of pyridine rings is 1. The Balaban J connectivity index is 2.44. The van der Waals surface area contributed by atoms with Crippen LogP contribution in [-0.2, 0) is 4.79 Å². The van der Waals surface area contributed by atoms with Crippen LogP contribution in [0.15, 0.2) is 28.9 Å². The normalized spacial score (nSPS) is 10.4. The number of nitrogens with one attached hydrogen (secondary N) is 1. The highest BCUT2D eigenvalue weighted by Gasteiger charge is 1.89. The summed E-state index contributed by atoms with van der Waals surface area (Å²) in [5.74, 6) is -0.0292. The number of carbonyl (C=O) groups is 1. The second-order valence-electron chi connectivity index (χ2n) is 2.74. The molecule has 0 spiro atoms. The topological polar surface area (TPSA) is 42.0 Å². The lowest BCUT2D eigenvalue weighted by molar-refractivity contribution is -0.118. The predicted molar refractivity (Wildman–Crippen MR) is 59.7 cm³/mol. The first-order valence-electron chi connectivity index (χ1n) is 4.21. The van der Waals surface area contributed by atoms with E-state index in [0.29, 0.717) is 6.54 Å². The minimum Gasteiger partial charge on any atom is -0.353 e. The summed E-state index contributed by atoms with van der Waals surface area (Å²) in [6, 6.07) is 3.82. The number of amides is 1. The second kappa shape index (κ2) is 5.54. The molecule has 1 aromatic rings. The second-order valence-corrected chi connectivity index (χ2v) is 3.66. The Hall–Kier alpha value is -1.16. The van der Waals surface area contributed by atoms with Crippen molar-refractivity contribution in [3.8, 4) is 0 Å². The van der Waals surface area contributed by atoms with Crippen molar-refractivity contribution in [3.63, 3.8) is 0 Å². The number of aromatic nitrogens is 1. The van der Waals surface area contributed by atoms with Crippen LogP contribution in [0, 0.1) is 0 Å². The molecule has 14 heavy (non-hydrogen) atoms. The fourth-order valence-corrected chi connectivity index (χ4v) is 1.10. The van der Waals surface area contributed by atoms with E-state index in [0.717, 1.165) is 10.2 Å². The van der Waals surface area contributed by atoms with E-state index in [4.69, 9.17) is 0 Å². The molecule has 0 saturated heterocycles. The van der Waals surface area contributed by atoms with E-state index in [1.807, 2.05) is 24.3 Å². The molecule has 74 valence electrons. The Morgan fingerprint density at radius 3 is 3.00 bits per heavy atom. The first-order chi connectivity index (χ1) is 6.68. The summed E-state index contributed by atoms with van der Waals surface area (Å²) < 4.78 is 0.955. The Bertz CT molecular complexity index is 332. The van der Waals surface area contributed by atoms with Crippen molar-refractivity contribution >= 4 is 27.9 Å². The maximum absolute atomic E-state index is 10.5. The molecule has 0 bridgehead atoms. The third-order valence-electron chi connectivity index (χ3n) is 1.51. The van der Waals surface area contributed by atoms with E-state index in [-0.39, 0.29) is 5.91 Å². The molecule has 1 amide bonds. The van der Waals surface area contributed by atoms with Gasteiger partial charge in [0.05, 0.1) is 5.69 Å². The first kappa shape index (κ1) is 10.9. The van der Waals surface area contributed by atoms with E-state index in [9.17, 15) is 4.79 Å². The van der Waals surface area contributed by atoms with Crippen LogP contribution in [0.5, 0.6) is 0 Å². The zero-order valence-corrected chi connectivity index (χ0v) is 9.41. The maximum atomic E-state index is 10.5. The lowest BCUT2D eigenvalue weighted by Crippen LogP contribution is -2.19. The summed E-state index contributed by atoms with van der Waals surface area (Å²) >= 11 is 3.30. The van der Waals surface area contributed by atoms with Gasteiger partial charge in [0.2, 0.25) is 5.91 Å². The maximum Gasteiger partial charge on any atom is 0.217 e. The first-order valence-corrected chi connectivity index (χ1v) is 5.00. The molecule has 0 aliphatic rings. The molecule has 3 nitrogen and oxygen atoms in total. The van der Waals surface area contributed by atoms with E-state index in [1.54, 1.807) is 6.20 Å². The largest absolute Gasteiger partial charge is 0.353 e. The zero-order chi connectivity index (χ0) is 10.4. The van der Waals surface area contributed by atoms with Gasteiger partial charge in [-0.15, -0.1) is 0 Å². The molecule has 1 heterocycles.